The van der Waals surface area contributed by atoms with Crippen molar-refractivity contribution in [3.8, 4) is 0 Å². The van der Waals surface area contributed by atoms with Crippen LogP contribution < -0.4 is 0 Å². The van der Waals surface area contributed by atoms with Crippen LogP contribution in [0.25, 0.3) is 0 Å². The van der Waals surface area contributed by atoms with Gasteiger partial charge in [0, 0.05) is 5.71 Å². The van der Waals surface area contributed by atoms with Gasteiger partial charge in [0.25, 0.3) is 0 Å². The molecule has 3 nitrogen and oxygen atoms in total. The first-order chi connectivity index (χ1) is 9.70. The minimum Gasteiger partial charge on any atom is -0.462 e. The molecule has 2 rings (SSSR count). The monoisotopic (exact) mass is 273 g/mol. The van der Waals surface area contributed by atoms with E-state index in [4.69, 9.17) is 9.73 Å². The number of ether oxygens (including phenoxy) is 1. The molecule has 1 aromatic rings. The van der Waals surface area contributed by atoms with Gasteiger partial charge in [0.2, 0.25) is 0 Å². The van der Waals surface area contributed by atoms with Crippen molar-refractivity contribution in [2.45, 2.75) is 52.0 Å². The molecule has 0 heterocycles. The van der Waals surface area contributed by atoms with Gasteiger partial charge in [0.05, 0.1) is 18.2 Å². The fourth-order valence-electron chi connectivity index (χ4n) is 2.62. The number of carbonyl (C=O) groups excluding carboxylic acids is 1. The molecule has 1 aliphatic rings. The minimum atomic E-state index is -0.263. The lowest BCUT2D eigenvalue weighted by molar-refractivity contribution is 0.0526. The van der Waals surface area contributed by atoms with Gasteiger partial charge in [-0.2, -0.15) is 0 Å². The van der Waals surface area contributed by atoms with Crippen molar-refractivity contribution in [1.82, 2.24) is 0 Å². The maximum atomic E-state index is 11.6. The molecule has 0 saturated heterocycles. The maximum absolute atomic E-state index is 11.6. The highest BCUT2D eigenvalue weighted by Gasteiger charge is 2.12. The Morgan fingerprint density at radius 2 is 1.75 bits per heavy atom. The van der Waals surface area contributed by atoms with E-state index in [0.717, 1.165) is 11.3 Å². The second-order valence-corrected chi connectivity index (χ2v) is 5.30. The van der Waals surface area contributed by atoms with Gasteiger partial charge in [-0.15, -0.1) is 0 Å². The third-order valence-corrected chi connectivity index (χ3v) is 3.76. The van der Waals surface area contributed by atoms with Crippen LogP contribution in [0.4, 0.5) is 0 Å². The van der Waals surface area contributed by atoms with Crippen LogP contribution in [0.3, 0.4) is 0 Å². The summed E-state index contributed by atoms with van der Waals surface area (Å²) in [4.78, 5) is 16.4. The third-order valence-electron chi connectivity index (χ3n) is 3.76. The Bertz CT molecular complexity index is 470. The molecule has 0 N–H and O–H groups in total. The molecule has 0 bridgehead atoms. The summed E-state index contributed by atoms with van der Waals surface area (Å²) in [5.41, 5.74) is 2.75. The van der Waals surface area contributed by atoms with E-state index in [2.05, 4.69) is 0 Å². The number of aliphatic imine (C=N–C) groups is 1. The number of carbonyl (C=O) groups is 1. The average molecular weight is 273 g/mol. The van der Waals surface area contributed by atoms with Gasteiger partial charge in [-0.1, -0.05) is 31.4 Å². The van der Waals surface area contributed by atoms with Crippen LogP contribution in [-0.2, 0) is 4.74 Å². The summed E-state index contributed by atoms with van der Waals surface area (Å²) in [6.45, 7) is 4.27. The maximum Gasteiger partial charge on any atom is 0.338 e. The Morgan fingerprint density at radius 3 is 2.35 bits per heavy atom. The summed E-state index contributed by atoms with van der Waals surface area (Å²) in [5, 5.41) is 0. The summed E-state index contributed by atoms with van der Waals surface area (Å²) >= 11 is 0. The highest BCUT2D eigenvalue weighted by molar-refractivity contribution is 5.99. The van der Waals surface area contributed by atoms with E-state index in [1.165, 1.54) is 32.1 Å². The molecule has 20 heavy (non-hydrogen) atoms. The zero-order valence-electron chi connectivity index (χ0n) is 12.4. The Labute approximate surface area is 121 Å². The predicted octanol–water partition coefficient (Wildman–Crippen LogP) is 4.01. The lowest BCUT2D eigenvalue weighted by Gasteiger charge is -2.18. The highest BCUT2D eigenvalue weighted by atomic mass is 16.5. The first-order valence-corrected chi connectivity index (χ1v) is 7.52. The van der Waals surface area contributed by atoms with Crippen molar-refractivity contribution in [2.75, 3.05) is 6.61 Å². The molecule has 0 amide bonds. The van der Waals surface area contributed by atoms with E-state index in [1.54, 1.807) is 0 Å². The van der Waals surface area contributed by atoms with Crippen LogP contribution in [0, 0.1) is 0 Å². The normalized spacial score (nSPS) is 17.0. The molecule has 0 atom stereocenters. The zero-order valence-corrected chi connectivity index (χ0v) is 12.4. The summed E-state index contributed by atoms with van der Waals surface area (Å²) in [6.07, 6.45) is 6.35. The van der Waals surface area contributed by atoms with Crippen LogP contribution in [0.1, 0.15) is 61.9 Å². The van der Waals surface area contributed by atoms with Crippen LogP contribution in [0.5, 0.6) is 0 Å². The standard InChI is InChI=1S/C17H23NO2/c1-3-20-17(19)15-11-9-14(10-12-15)13(2)18-16-7-5-4-6-8-16/h9-12,16H,3-8H2,1-2H3. The SMILES string of the molecule is CCOC(=O)c1ccc(C(C)=NC2CCCCC2)cc1. The van der Waals surface area contributed by atoms with Crippen LogP contribution in [-0.4, -0.2) is 24.3 Å². The highest BCUT2D eigenvalue weighted by Crippen LogP contribution is 2.21. The minimum absolute atomic E-state index is 0.263. The molecular weight excluding hydrogens is 250 g/mol. The molecule has 0 aromatic heterocycles. The number of esters is 1. The second-order valence-electron chi connectivity index (χ2n) is 5.30. The molecule has 108 valence electrons. The molecule has 3 heteroatoms. The van der Waals surface area contributed by atoms with E-state index >= 15 is 0 Å². The average Bonchev–Trinajstić information content (AvgIpc) is 2.48. The molecular formula is C17H23NO2. The summed E-state index contributed by atoms with van der Waals surface area (Å²) < 4.78 is 4.98. The van der Waals surface area contributed by atoms with Crippen molar-refractivity contribution in [3.63, 3.8) is 0 Å². The number of benzene rings is 1. The molecule has 0 unspecified atom stereocenters. The summed E-state index contributed by atoms with van der Waals surface area (Å²) in [7, 11) is 0. The van der Waals surface area contributed by atoms with E-state index in [9.17, 15) is 4.79 Å². The quantitative estimate of drug-likeness (QED) is 0.614. The first kappa shape index (κ1) is 14.8. The lowest BCUT2D eigenvalue weighted by atomic mass is 9.95. The lowest BCUT2D eigenvalue weighted by Crippen LogP contribution is -2.12. The van der Waals surface area contributed by atoms with Gasteiger partial charge in [-0.3, -0.25) is 4.99 Å². The molecule has 1 saturated carbocycles. The Hall–Kier alpha value is -1.64. The van der Waals surface area contributed by atoms with Gasteiger partial charge >= 0.3 is 5.97 Å². The van der Waals surface area contributed by atoms with Gasteiger partial charge in [-0.25, -0.2) is 4.79 Å². The van der Waals surface area contributed by atoms with E-state index in [0.29, 0.717) is 18.2 Å². The van der Waals surface area contributed by atoms with Crippen molar-refractivity contribution >= 4 is 11.7 Å². The van der Waals surface area contributed by atoms with E-state index in [1.807, 2.05) is 38.1 Å². The molecule has 0 aliphatic heterocycles. The Balaban J connectivity index is 2.04. The number of hydrogen-bond acceptors (Lipinski definition) is 3. The number of hydrogen-bond donors (Lipinski definition) is 0. The van der Waals surface area contributed by atoms with Crippen molar-refractivity contribution in [1.29, 1.82) is 0 Å². The molecule has 1 aliphatic carbocycles. The van der Waals surface area contributed by atoms with Gasteiger partial charge < -0.3 is 4.74 Å². The first-order valence-electron chi connectivity index (χ1n) is 7.52. The molecule has 0 spiro atoms. The van der Waals surface area contributed by atoms with Crippen LogP contribution in [0.2, 0.25) is 0 Å². The fourth-order valence-corrected chi connectivity index (χ4v) is 2.62. The van der Waals surface area contributed by atoms with E-state index in [-0.39, 0.29) is 5.97 Å². The van der Waals surface area contributed by atoms with Crippen molar-refractivity contribution in [2.24, 2.45) is 4.99 Å². The van der Waals surface area contributed by atoms with Crippen LogP contribution in [0.15, 0.2) is 29.3 Å². The second kappa shape index (κ2) is 7.22. The van der Waals surface area contributed by atoms with Gasteiger partial charge in [0.15, 0.2) is 0 Å². The number of rotatable bonds is 4. The Kier molecular flexibility index (Phi) is 5.33. The van der Waals surface area contributed by atoms with Gasteiger partial charge in [-0.05, 0) is 44.4 Å². The summed E-state index contributed by atoms with van der Waals surface area (Å²) in [5.74, 6) is -0.263. The van der Waals surface area contributed by atoms with Gasteiger partial charge in [0.1, 0.15) is 0 Å². The summed E-state index contributed by atoms with van der Waals surface area (Å²) in [6, 6.07) is 8.01. The van der Waals surface area contributed by atoms with E-state index < -0.39 is 0 Å². The molecule has 1 fully saturated rings. The Morgan fingerprint density at radius 1 is 1.15 bits per heavy atom. The number of nitrogens with zero attached hydrogens (tertiary/aromatic N) is 1. The van der Waals surface area contributed by atoms with Crippen LogP contribution >= 0.6 is 0 Å². The third kappa shape index (κ3) is 3.92. The van der Waals surface area contributed by atoms with Crippen molar-refractivity contribution < 1.29 is 9.53 Å². The molecule has 1 aromatic carbocycles. The van der Waals surface area contributed by atoms with Crippen molar-refractivity contribution in [3.05, 3.63) is 35.4 Å². The topological polar surface area (TPSA) is 38.7 Å². The predicted molar refractivity (Wildman–Crippen MR) is 81.5 cm³/mol. The molecule has 0 radical (unpaired) electrons. The smallest absolute Gasteiger partial charge is 0.338 e. The largest absolute Gasteiger partial charge is 0.462 e. The fraction of sp³-hybridized carbons (Fsp3) is 0.529. The zero-order chi connectivity index (χ0) is 14.4.